The molecule has 82 valence electrons. The second-order valence-corrected chi connectivity index (χ2v) is 4.65. The van der Waals surface area contributed by atoms with Crippen molar-refractivity contribution in [3.05, 3.63) is 0 Å². The molecule has 2 rings (SSSR count). The van der Waals surface area contributed by atoms with Gasteiger partial charge in [-0.15, -0.1) is 0 Å². The van der Waals surface area contributed by atoms with E-state index in [2.05, 4.69) is 11.8 Å². The van der Waals surface area contributed by atoms with Crippen molar-refractivity contribution in [2.24, 2.45) is 5.92 Å². The van der Waals surface area contributed by atoms with Crippen molar-refractivity contribution in [1.82, 2.24) is 4.90 Å². The van der Waals surface area contributed by atoms with Crippen LogP contribution in [0.5, 0.6) is 0 Å². The summed E-state index contributed by atoms with van der Waals surface area (Å²) < 4.78 is 0. The van der Waals surface area contributed by atoms with E-state index in [4.69, 9.17) is 0 Å². The van der Waals surface area contributed by atoms with Gasteiger partial charge in [-0.3, -0.25) is 4.79 Å². The van der Waals surface area contributed by atoms with Crippen molar-refractivity contribution in [1.29, 1.82) is 0 Å². The summed E-state index contributed by atoms with van der Waals surface area (Å²) in [5.41, 5.74) is 0. The molecular weight excluding hydrogens is 174 g/mol. The molecule has 0 aromatic heterocycles. The first-order chi connectivity index (χ1) is 6.27. The van der Waals surface area contributed by atoms with E-state index in [0.29, 0.717) is 17.9 Å². The molecule has 2 aliphatic rings. The molecule has 2 fully saturated rings. The predicted octanol–water partition coefficient (Wildman–Crippen LogP) is 2.82. The van der Waals surface area contributed by atoms with Crippen molar-refractivity contribution >= 4 is 5.91 Å². The van der Waals surface area contributed by atoms with Crippen molar-refractivity contribution < 1.29 is 4.79 Å². The Bertz CT molecular complexity index is 196. The second kappa shape index (κ2) is 4.81. The lowest BCUT2D eigenvalue weighted by Gasteiger charge is -2.31. The largest absolute Gasteiger partial charge is 0.339 e. The van der Waals surface area contributed by atoms with Crippen LogP contribution < -0.4 is 0 Å². The monoisotopic (exact) mass is 197 g/mol. The van der Waals surface area contributed by atoms with E-state index in [-0.39, 0.29) is 7.43 Å². The minimum absolute atomic E-state index is 0. The number of amides is 1. The van der Waals surface area contributed by atoms with Gasteiger partial charge in [-0.1, -0.05) is 33.6 Å². The molecule has 2 nitrogen and oxygen atoms in total. The van der Waals surface area contributed by atoms with Crippen molar-refractivity contribution in [3.8, 4) is 0 Å². The van der Waals surface area contributed by atoms with Gasteiger partial charge in [0.2, 0.25) is 5.91 Å². The SMILES string of the molecule is C.CC1CC(=O)N(C2CCCCC2)C1. The van der Waals surface area contributed by atoms with Crippen LogP contribution in [0.4, 0.5) is 0 Å². The van der Waals surface area contributed by atoms with E-state index in [0.717, 1.165) is 13.0 Å². The maximum atomic E-state index is 11.6. The number of hydrogen-bond donors (Lipinski definition) is 0. The fraction of sp³-hybridized carbons (Fsp3) is 0.917. The van der Waals surface area contributed by atoms with Gasteiger partial charge in [0.25, 0.3) is 0 Å². The number of likely N-dealkylation sites (tertiary alicyclic amines) is 1. The first kappa shape index (κ1) is 11.5. The molecule has 0 aromatic carbocycles. The summed E-state index contributed by atoms with van der Waals surface area (Å²) in [5, 5.41) is 0. The third kappa shape index (κ3) is 2.28. The van der Waals surface area contributed by atoms with Crippen LogP contribution in [0.15, 0.2) is 0 Å². The average molecular weight is 197 g/mol. The standard InChI is InChI=1S/C11H19NO.CH4/c1-9-7-11(13)12(8-9)10-5-3-2-4-6-10;/h9-10H,2-8H2,1H3;1H4. The van der Waals surface area contributed by atoms with Gasteiger partial charge < -0.3 is 4.90 Å². The summed E-state index contributed by atoms with van der Waals surface area (Å²) in [5.74, 6) is 0.994. The van der Waals surface area contributed by atoms with E-state index in [1.807, 2.05) is 0 Å². The van der Waals surface area contributed by atoms with Crippen molar-refractivity contribution in [2.75, 3.05) is 6.54 Å². The molecule has 1 saturated heterocycles. The van der Waals surface area contributed by atoms with E-state index < -0.39 is 0 Å². The summed E-state index contributed by atoms with van der Waals surface area (Å²) in [4.78, 5) is 13.8. The zero-order chi connectivity index (χ0) is 9.26. The molecule has 1 aliphatic carbocycles. The van der Waals surface area contributed by atoms with Crippen LogP contribution in [0.25, 0.3) is 0 Å². The highest BCUT2D eigenvalue weighted by atomic mass is 16.2. The van der Waals surface area contributed by atoms with Gasteiger partial charge in [-0.05, 0) is 18.8 Å². The van der Waals surface area contributed by atoms with Crippen LogP contribution >= 0.6 is 0 Å². The molecule has 14 heavy (non-hydrogen) atoms. The van der Waals surface area contributed by atoms with Gasteiger partial charge in [0.1, 0.15) is 0 Å². The Morgan fingerprint density at radius 2 is 1.86 bits per heavy atom. The fourth-order valence-corrected chi connectivity index (χ4v) is 2.66. The van der Waals surface area contributed by atoms with E-state index in [1.165, 1.54) is 32.1 Å². The van der Waals surface area contributed by atoms with E-state index in [9.17, 15) is 4.79 Å². The Balaban J connectivity index is 0.000000980. The molecule has 1 unspecified atom stereocenters. The third-order valence-corrected chi connectivity index (χ3v) is 3.37. The number of carbonyl (C=O) groups is 1. The third-order valence-electron chi connectivity index (χ3n) is 3.37. The summed E-state index contributed by atoms with van der Waals surface area (Å²) in [6.45, 7) is 3.20. The molecule has 0 radical (unpaired) electrons. The summed E-state index contributed by atoms with van der Waals surface area (Å²) in [7, 11) is 0. The highest BCUT2D eigenvalue weighted by Gasteiger charge is 2.32. The Morgan fingerprint density at radius 1 is 1.21 bits per heavy atom. The molecule has 1 heterocycles. The summed E-state index contributed by atoms with van der Waals surface area (Å²) in [6.07, 6.45) is 7.30. The molecule has 1 aliphatic heterocycles. The molecule has 0 bridgehead atoms. The zero-order valence-electron chi connectivity index (χ0n) is 8.46. The molecule has 1 saturated carbocycles. The van der Waals surface area contributed by atoms with Crippen LogP contribution in [0.1, 0.15) is 52.9 Å². The van der Waals surface area contributed by atoms with Crippen LogP contribution in [0.3, 0.4) is 0 Å². The van der Waals surface area contributed by atoms with Crippen LogP contribution in [0.2, 0.25) is 0 Å². The van der Waals surface area contributed by atoms with Crippen LogP contribution in [-0.4, -0.2) is 23.4 Å². The highest BCUT2D eigenvalue weighted by molar-refractivity contribution is 5.78. The summed E-state index contributed by atoms with van der Waals surface area (Å²) >= 11 is 0. The quantitative estimate of drug-likeness (QED) is 0.633. The number of carbonyl (C=O) groups excluding carboxylic acids is 1. The molecule has 1 amide bonds. The van der Waals surface area contributed by atoms with Gasteiger partial charge in [-0.2, -0.15) is 0 Å². The van der Waals surface area contributed by atoms with Gasteiger partial charge in [0.05, 0.1) is 0 Å². The van der Waals surface area contributed by atoms with Crippen molar-refractivity contribution in [2.45, 2.75) is 58.9 Å². The number of nitrogens with zero attached hydrogens (tertiary/aromatic N) is 1. The van der Waals surface area contributed by atoms with Gasteiger partial charge in [0, 0.05) is 19.0 Å². The highest BCUT2D eigenvalue weighted by Crippen LogP contribution is 2.28. The van der Waals surface area contributed by atoms with Crippen LogP contribution in [0, 0.1) is 5.92 Å². The van der Waals surface area contributed by atoms with Gasteiger partial charge >= 0.3 is 0 Å². The first-order valence-corrected chi connectivity index (χ1v) is 5.57. The lowest BCUT2D eigenvalue weighted by Crippen LogP contribution is -2.37. The number of hydrogen-bond acceptors (Lipinski definition) is 1. The lowest BCUT2D eigenvalue weighted by molar-refractivity contribution is -0.130. The Kier molecular flexibility index (Phi) is 3.97. The zero-order valence-corrected chi connectivity index (χ0v) is 8.46. The lowest BCUT2D eigenvalue weighted by atomic mass is 9.94. The van der Waals surface area contributed by atoms with Crippen molar-refractivity contribution in [3.63, 3.8) is 0 Å². The minimum atomic E-state index is 0. The Morgan fingerprint density at radius 3 is 2.36 bits per heavy atom. The molecule has 1 atom stereocenters. The van der Waals surface area contributed by atoms with Gasteiger partial charge in [0.15, 0.2) is 0 Å². The average Bonchev–Trinajstić information content (AvgIpc) is 2.47. The minimum Gasteiger partial charge on any atom is -0.339 e. The molecule has 0 spiro atoms. The normalized spacial score (nSPS) is 29.1. The maximum absolute atomic E-state index is 11.6. The van der Waals surface area contributed by atoms with E-state index >= 15 is 0 Å². The fourth-order valence-electron chi connectivity index (χ4n) is 2.66. The molecule has 0 aromatic rings. The second-order valence-electron chi connectivity index (χ2n) is 4.65. The molecule has 0 N–H and O–H groups in total. The van der Waals surface area contributed by atoms with E-state index in [1.54, 1.807) is 0 Å². The Labute approximate surface area is 87.7 Å². The molecular formula is C12H23NO. The smallest absolute Gasteiger partial charge is 0.223 e. The topological polar surface area (TPSA) is 20.3 Å². The predicted molar refractivity (Wildman–Crippen MR) is 59.1 cm³/mol. The summed E-state index contributed by atoms with van der Waals surface area (Å²) in [6, 6.07) is 0.589. The van der Waals surface area contributed by atoms with Gasteiger partial charge in [-0.25, -0.2) is 0 Å². The maximum Gasteiger partial charge on any atom is 0.223 e. The van der Waals surface area contributed by atoms with Crippen LogP contribution in [-0.2, 0) is 4.79 Å². The molecule has 2 heteroatoms. The first-order valence-electron chi connectivity index (χ1n) is 5.57. The Hall–Kier alpha value is -0.530. The number of rotatable bonds is 1.